The molecular formula is C18H26N6O3S. The van der Waals surface area contributed by atoms with Crippen LogP contribution in [0, 0.1) is 0 Å². The molecule has 2 aromatic heterocycles. The van der Waals surface area contributed by atoms with Crippen LogP contribution in [0.2, 0.25) is 0 Å². The Bertz CT molecular complexity index is 847. The molecule has 0 spiro atoms. The highest BCUT2D eigenvalue weighted by atomic mass is 32.1. The lowest BCUT2D eigenvalue weighted by Crippen LogP contribution is -2.48. The molecule has 10 heteroatoms. The number of fused-ring (bicyclic) bond motifs is 1. The van der Waals surface area contributed by atoms with Gasteiger partial charge in [-0.05, 0) is 13.0 Å². The second-order valence-electron chi connectivity index (χ2n) is 6.47. The van der Waals surface area contributed by atoms with Crippen LogP contribution >= 0.6 is 13.5 Å². The quantitative estimate of drug-likeness (QED) is 0.684. The van der Waals surface area contributed by atoms with Crippen LogP contribution in [0.25, 0.3) is 11.2 Å². The topological polar surface area (TPSA) is 103 Å². The fourth-order valence-electron chi connectivity index (χ4n) is 3.09. The predicted molar refractivity (Wildman–Crippen MR) is 112 cm³/mol. The van der Waals surface area contributed by atoms with Crippen molar-refractivity contribution in [2.45, 2.75) is 13.0 Å². The molecule has 152 valence electrons. The number of nitrogens with one attached hydrogen (secondary N) is 2. The predicted octanol–water partition coefficient (Wildman–Crippen LogP) is 0.670. The number of aromatic nitrogens is 3. The number of ether oxygens (including phenoxy) is 1. The van der Waals surface area contributed by atoms with E-state index in [1.54, 1.807) is 24.4 Å². The zero-order chi connectivity index (χ0) is 19.4. The van der Waals surface area contributed by atoms with Crippen molar-refractivity contribution >= 4 is 42.3 Å². The lowest BCUT2D eigenvalue weighted by atomic mass is 10.2. The Labute approximate surface area is 170 Å². The van der Waals surface area contributed by atoms with E-state index in [0.29, 0.717) is 55.3 Å². The smallest absolute Gasteiger partial charge is 0.255 e. The van der Waals surface area contributed by atoms with E-state index in [2.05, 4.69) is 31.7 Å². The van der Waals surface area contributed by atoms with Crippen LogP contribution in [0.5, 0.6) is 0 Å². The number of carbonyl (C=O) groups excluding carboxylic acids is 2. The summed E-state index contributed by atoms with van der Waals surface area (Å²) in [5.41, 5.74) is 1.53. The van der Waals surface area contributed by atoms with Gasteiger partial charge in [0.2, 0.25) is 5.91 Å². The number of carbonyl (C=O) groups is 2. The van der Waals surface area contributed by atoms with Crippen molar-refractivity contribution < 1.29 is 14.3 Å². The molecule has 0 unspecified atom stereocenters. The molecule has 1 aliphatic rings. The Hall–Kier alpha value is -2.59. The van der Waals surface area contributed by atoms with Crippen molar-refractivity contribution in [1.29, 1.82) is 0 Å². The molecule has 1 atom stereocenters. The minimum atomic E-state index is -0.223. The van der Waals surface area contributed by atoms with Crippen molar-refractivity contribution in [3.8, 4) is 0 Å². The summed E-state index contributed by atoms with van der Waals surface area (Å²) in [5, 5.41) is 2.88. The second kappa shape index (κ2) is 9.56. The van der Waals surface area contributed by atoms with Gasteiger partial charge in [0, 0.05) is 45.5 Å². The molecule has 2 amide bonds. The van der Waals surface area contributed by atoms with Gasteiger partial charge in [-0.2, -0.15) is 13.5 Å². The van der Waals surface area contributed by atoms with E-state index >= 15 is 0 Å². The van der Waals surface area contributed by atoms with E-state index in [1.165, 1.54) is 6.08 Å². The third kappa shape index (κ3) is 4.63. The van der Waals surface area contributed by atoms with Crippen LogP contribution in [0.3, 0.4) is 0 Å². The SMILES string of the molecule is C=CC(=O)N1CCN(c2cnc3[nH]cc(C(=O)N[C@@H](C)COC)c3n2)CC1.S. The molecule has 3 rings (SSSR count). The van der Waals surface area contributed by atoms with Gasteiger partial charge < -0.3 is 24.8 Å². The third-order valence-corrected chi connectivity index (χ3v) is 4.50. The number of methoxy groups -OCH3 is 1. The lowest BCUT2D eigenvalue weighted by Gasteiger charge is -2.34. The van der Waals surface area contributed by atoms with Crippen molar-refractivity contribution in [3.63, 3.8) is 0 Å². The van der Waals surface area contributed by atoms with Crippen LogP contribution in [0.1, 0.15) is 17.3 Å². The highest BCUT2D eigenvalue weighted by Crippen LogP contribution is 2.20. The van der Waals surface area contributed by atoms with Gasteiger partial charge in [-0.15, -0.1) is 0 Å². The number of hydrogen-bond acceptors (Lipinski definition) is 6. The van der Waals surface area contributed by atoms with Gasteiger partial charge in [-0.25, -0.2) is 9.97 Å². The summed E-state index contributed by atoms with van der Waals surface area (Å²) in [6, 6.07) is -0.112. The standard InChI is InChI=1S/C18H24N6O3.H2S/c1-4-15(25)24-7-5-23(6-8-24)14-10-20-17-16(22-14)13(9-19-17)18(26)21-12(2)11-27-3;/h4,9-10,12H,1,5-8,11H2,2-3H3,(H,19,20)(H,21,26);1H2/t12-;/m0./s1. The lowest BCUT2D eigenvalue weighted by molar-refractivity contribution is -0.126. The van der Waals surface area contributed by atoms with Crippen LogP contribution in [0.15, 0.2) is 25.0 Å². The van der Waals surface area contributed by atoms with E-state index in [0.717, 1.165) is 0 Å². The van der Waals surface area contributed by atoms with Crippen molar-refractivity contribution in [2.24, 2.45) is 0 Å². The first-order chi connectivity index (χ1) is 13.0. The fraction of sp³-hybridized carbons (Fsp3) is 0.444. The van der Waals surface area contributed by atoms with Crippen LogP contribution < -0.4 is 10.2 Å². The average Bonchev–Trinajstić information content (AvgIpc) is 3.11. The molecule has 0 aliphatic carbocycles. The maximum absolute atomic E-state index is 12.5. The Kier molecular flexibility index (Phi) is 7.41. The normalized spacial score (nSPS) is 15.1. The first kappa shape index (κ1) is 21.7. The summed E-state index contributed by atoms with van der Waals surface area (Å²) >= 11 is 0. The third-order valence-electron chi connectivity index (χ3n) is 4.50. The Morgan fingerprint density at radius 3 is 2.75 bits per heavy atom. The molecule has 1 aliphatic heterocycles. The summed E-state index contributed by atoms with van der Waals surface area (Å²) < 4.78 is 5.05. The summed E-state index contributed by atoms with van der Waals surface area (Å²) in [7, 11) is 1.59. The maximum atomic E-state index is 12.5. The number of piperazine rings is 1. The van der Waals surface area contributed by atoms with Gasteiger partial charge in [0.05, 0.1) is 18.4 Å². The first-order valence-corrected chi connectivity index (χ1v) is 8.83. The summed E-state index contributed by atoms with van der Waals surface area (Å²) in [6.45, 7) is 8.32. The molecule has 1 fully saturated rings. The number of nitrogens with zero attached hydrogens (tertiary/aromatic N) is 4. The highest BCUT2D eigenvalue weighted by molar-refractivity contribution is 7.59. The van der Waals surface area contributed by atoms with Gasteiger partial charge in [0.25, 0.3) is 5.91 Å². The maximum Gasteiger partial charge on any atom is 0.255 e. The fourth-order valence-corrected chi connectivity index (χ4v) is 3.09. The van der Waals surface area contributed by atoms with Gasteiger partial charge >= 0.3 is 0 Å². The summed E-state index contributed by atoms with van der Waals surface area (Å²) in [6.07, 6.45) is 4.62. The monoisotopic (exact) mass is 406 g/mol. The molecule has 9 nitrogen and oxygen atoms in total. The molecule has 0 radical (unpaired) electrons. The number of hydrogen-bond donors (Lipinski definition) is 2. The summed E-state index contributed by atoms with van der Waals surface area (Å²) in [5.74, 6) is 0.399. The number of H-pyrrole nitrogens is 1. The van der Waals surface area contributed by atoms with E-state index in [4.69, 9.17) is 4.74 Å². The molecule has 0 saturated carbocycles. The zero-order valence-corrected chi connectivity index (χ0v) is 17.1. The largest absolute Gasteiger partial charge is 0.383 e. The number of rotatable bonds is 6. The second-order valence-corrected chi connectivity index (χ2v) is 6.47. The zero-order valence-electron chi connectivity index (χ0n) is 16.1. The highest BCUT2D eigenvalue weighted by Gasteiger charge is 2.22. The Balaban J connectivity index is 0.00000280. The molecule has 1 saturated heterocycles. The van der Waals surface area contributed by atoms with Gasteiger partial charge in [-0.3, -0.25) is 9.59 Å². The molecule has 3 heterocycles. The Morgan fingerprint density at radius 2 is 2.11 bits per heavy atom. The molecular weight excluding hydrogens is 380 g/mol. The van der Waals surface area contributed by atoms with Gasteiger partial charge in [-0.1, -0.05) is 6.58 Å². The Morgan fingerprint density at radius 1 is 1.39 bits per heavy atom. The number of aromatic amines is 1. The molecule has 2 N–H and O–H groups in total. The van der Waals surface area contributed by atoms with Crippen LogP contribution in [-0.4, -0.2) is 77.6 Å². The van der Waals surface area contributed by atoms with E-state index in [9.17, 15) is 9.59 Å². The van der Waals surface area contributed by atoms with Gasteiger partial charge in [0.15, 0.2) is 5.65 Å². The summed E-state index contributed by atoms with van der Waals surface area (Å²) in [4.78, 5) is 40.0. The first-order valence-electron chi connectivity index (χ1n) is 8.83. The van der Waals surface area contributed by atoms with Crippen LogP contribution in [-0.2, 0) is 9.53 Å². The minimum absolute atomic E-state index is 0. The molecule has 0 bridgehead atoms. The number of anilines is 1. The van der Waals surface area contributed by atoms with Crippen molar-refractivity contribution in [2.75, 3.05) is 44.8 Å². The molecule has 0 aromatic carbocycles. The van der Waals surface area contributed by atoms with E-state index in [1.807, 2.05) is 6.92 Å². The van der Waals surface area contributed by atoms with Crippen molar-refractivity contribution in [3.05, 3.63) is 30.6 Å². The average molecular weight is 407 g/mol. The van der Waals surface area contributed by atoms with E-state index in [-0.39, 0.29) is 31.4 Å². The molecule has 28 heavy (non-hydrogen) atoms. The van der Waals surface area contributed by atoms with Gasteiger partial charge in [0.1, 0.15) is 11.3 Å². The van der Waals surface area contributed by atoms with E-state index < -0.39 is 0 Å². The molecule has 2 aromatic rings. The van der Waals surface area contributed by atoms with Crippen LogP contribution in [0.4, 0.5) is 5.82 Å². The van der Waals surface area contributed by atoms with Crippen molar-refractivity contribution in [1.82, 2.24) is 25.2 Å². The number of amides is 2. The minimum Gasteiger partial charge on any atom is -0.383 e.